The Balaban J connectivity index is 2.50. The van der Waals surface area contributed by atoms with E-state index in [1.807, 2.05) is 4.72 Å². The van der Waals surface area contributed by atoms with Crippen molar-refractivity contribution < 1.29 is 17.2 Å². The SMILES string of the molecule is Cc1c(S(=O)(=O)Nc2cc(Br)c(F)cc2F)c(N)nn1C. The zero-order chi connectivity index (χ0) is 15.9. The van der Waals surface area contributed by atoms with Crippen LogP contribution in [0.15, 0.2) is 21.5 Å². The second-order valence-corrected chi connectivity index (χ2v) is 6.75. The molecule has 0 amide bonds. The standard InChI is InChI=1S/C11H11BrF2N4O2S/c1-5-10(11(15)16-18(5)2)21(19,20)17-9-3-6(12)7(13)4-8(9)14/h3-4,17H,1-2H3,(H2,15,16). The third kappa shape index (κ3) is 2.86. The van der Waals surface area contributed by atoms with Gasteiger partial charge in [0, 0.05) is 13.1 Å². The lowest BCUT2D eigenvalue weighted by molar-refractivity contribution is 0.579. The Bertz CT molecular complexity index is 820. The Morgan fingerprint density at radius 3 is 2.48 bits per heavy atom. The van der Waals surface area contributed by atoms with Crippen molar-refractivity contribution in [1.29, 1.82) is 0 Å². The number of benzene rings is 1. The average Bonchev–Trinajstić information content (AvgIpc) is 2.60. The van der Waals surface area contributed by atoms with Crippen molar-refractivity contribution >= 4 is 37.5 Å². The van der Waals surface area contributed by atoms with Crippen LogP contribution in [0.1, 0.15) is 5.69 Å². The Labute approximate surface area is 128 Å². The van der Waals surface area contributed by atoms with Gasteiger partial charge in [-0.2, -0.15) is 5.10 Å². The molecule has 6 nitrogen and oxygen atoms in total. The molecule has 0 radical (unpaired) electrons. The molecular weight excluding hydrogens is 370 g/mol. The van der Waals surface area contributed by atoms with E-state index in [1.165, 1.54) is 18.7 Å². The summed E-state index contributed by atoms with van der Waals surface area (Å²) in [5.74, 6) is -2.09. The lowest BCUT2D eigenvalue weighted by Crippen LogP contribution is -2.16. The molecule has 0 aliphatic carbocycles. The average molecular weight is 381 g/mol. The number of nitrogens with zero attached hydrogens (tertiary/aromatic N) is 2. The molecule has 0 aliphatic heterocycles. The number of nitrogens with two attached hydrogens (primary N) is 1. The molecule has 10 heteroatoms. The van der Waals surface area contributed by atoms with Gasteiger partial charge in [-0.15, -0.1) is 0 Å². The van der Waals surface area contributed by atoms with E-state index in [0.29, 0.717) is 11.8 Å². The van der Waals surface area contributed by atoms with E-state index in [-0.39, 0.29) is 15.2 Å². The fraction of sp³-hybridized carbons (Fsp3) is 0.182. The van der Waals surface area contributed by atoms with Crippen molar-refractivity contribution in [1.82, 2.24) is 9.78 Å². The van der Waals surface area contributed by atoms with E-state index < -0.39 is 27.3 Å². The molecule has 0 fully saturated rings. The van der Waals surface area contributed by atoms with Crippen molar-refractivity contribution in [3.63, 3.8) is 0 Å². The maximum Gasteiger partial charge on any atom is 0.267 e. The summed E-state index contributed by atoms with van der Waals surface area (Å²) in [6, 6.07) is 1.56. The second-order valence-electron chi connectivity index (χ2n) is 4.28. The fourth-order valence-corrected chi connectivity index (χ4v) is 3.47. The summed E-state index contributed by atoms with van der Waals surface area (Å²) in [5.41, 5.74) is 5.46. The number of rotatable bonds is 3. The molecule has 1 aromatic carbocycles. The van der Waals surface area contributed by atoms with E-state index in [2.05, 4.69) is 21.0 Å². The first-order valence-electron chi connectivity index (χ1n) is 5.60. The molecule has 1 aromatic heterocycles. The molecule has 0 atom stereocenters. The first-order chi connectivity index (χ1) is 9.63. The molecule has 114 valence electrons. The van der Waals surface area contributed by atoms with Crippen molar-refractivity contribution in [2.45, 2.75) is 11.8 Å². The number of nitrogen functional groups attached to an aromatic ring is 1. The molecule has 21 heavy (non-hydrogen) atoms. The van der Waals surface area contributed by atoms with Crippen LogP contribution in [0.25, 0.3) is 0 Å². The molecule has 0 unspecified atom stereocenters. The Hall–Kier alpha value is -1.68. The third-order valence-electron chi connectivity index (χ3n) is 2.83. The summed E-state index contributed by atoms with van der Waals surface area (Å²) < 4.78 is 54.6. The monoisotopic (exact) mass is 380 g/mol. The first kappa shape index (κ1) is 15.7. The van der Waals surface area contributed by atoms with Gasteiger partial charge >= 0.3 is 0 Å². The minimum absolute atomic E-state index is 0.0718. The van der Waals surface area contributed by atoms with Gasteiger partial charge in [0.1, 0.15) is 11.6 Å². The van der Waals surface area contributed by atoms with E-state index in [0.717, 1.165) is 6.07 Å². The number of aromatic nitrogens is 2. The summed E-state index contributed by atoms with van der Waals surface area (Å²) in [7, 11) is -2.62. The molecule has 2 aromatic rings. The van der Waals surface area contributed by atoms with Crippen LogP contribution in [-0.2, 0) is 17.1 Å². The number of sulfonamides is 1. The van der Waals surface area contributed by atoms with Gasteiger partial charge in [0.25, 0.3) is 10.0 Å². The highest BCUT2D eigenvalue weighted by molar-refractivity contribution is 9.10. The minimum atomic E-state index is -4.15. The Kier molecular flexibility index (Phi) is 3.93. The predicted octanol–water partition coefficient (Wildman–Crippen LogP) is 2.15. The van der Waals surface area contributed by atoms with Crippen LogP contribution < -0.4 is 10.5 Å². The third-order valence-corrected chi connectivity index (χ3v) is 4.97. The van der Waals surface area contributed by atoms with Crippen molar-refractivity contribution in [3.8, 4) is 0 Å². The molecule has 0 saturated heterocycles. The molecule has 0 spiro atoms. The van der Waals surface area contributed by atoms with Gasteiger partial charge in [0.15, 0.2) is 10.7 Å². The van der Waals surface area contributed by atoms with Crippen molar-refractivity contribution in [2.24, 2.45) is 7.05 Å². The quantitative estimate of drug-likeness (QED) is 0.798. The molecule has 0 saturated carbocycles. The van der Waals surface area contributed by atoms with E-state index >= 15 is 0 Å². The smallest absolute Gasteiger partial charge is 0.267 e. The Morgan fingerprint density at radius 2 is 1.95 bits per heavy atom. The number of nitrogens with one attached hydrogen (secondary N) is 1. The number of hydrogen-bond donors (Lipinski definition) is 2. The molecule has 0 bridgehead atoms. The minimum Gasteiger partial charge on any atom is -0.381 e. The fourth-order valence-electron chi connectivity index (χ4n) is 1.74. The van der Waals surface area contributed by atoms with Crippen LogP contribution in [0.2, 0.25) is 0 Å². The number of halogens is 3. The highest BCUT2D eigenvalue weighted by Crippen LogP contribution is 2.28. The van der Waals surface area contributed by atoms with Gasteiger partial charge < -0.3 is 5.73 Å². The summed E-state index contributed by atoms with van der Waals surface area (Å²) in [6.45, 7) is 1.51. The predicted molar refractivity (Wildman–Crippen MR) is 77.2 cm³/mol. The van der Waals surface area contributed by atoms with E-state index in [1.54, 1.807) is 0 Å². The van der Waals surface area contributed by atoms with E-state index in [9.17, 15) is 17.2 Å². The number of hydrogen-bond acceptors (Lipinski definition) is 4. The summed E-state index contributed by atoms with van der Waals surface area (Å²) in [5, 5.41) is 3.78. The molecule has 2 rings (SSSR count). The summed E-state index contributed by atoms with van der Waals surface area (Å²) >= 11 is 2.86. The zero-order valence-corrected chi connectivity index (χ0v) is 13.4. The second kappa shape index (κ2) is 5.26. The largest absolute Gasteiger partial charge is 0.381 e. The van der Waals surface area contributed by atoms with Crippen LogP contribution in [0.5, 0.6) is 0 Å². The maximum atomic E-state index is 13.6. The maximum absolute atomic E-state index is 13.6. The van der Waals surface area contributed by atoms with Crippen molar-refractivity contribution in [2.75, 3.05) is 10.5 Å². The Morgan fingerprint density at radius 1 is 1.33 bits per heavy atom. The van der Waals surface area contributed by atoms with Crippen molar-refractivity contribution in [3.05, 3.63) is 33.9 Å². The van der Waals surface area contributed by atoms with Crippen LogP contribution in [0.3, 0.4) is 0 Å². The van der Waals surface area contributed by atoms with Gasteiger partial charge in [-0.1, -0.05) is 0 Å². The van der Waals surface area contributed by atoms with Gasteiger partial charge in [-0.3, -0.25) is 9.40 Å². The van der Waals surface area contributed by atoms with Crippen LogP contribution in [0, 0.1) is 18.6 Å². The lowest BCUT2D eigenvalue weighted by atomic mass is 10.3. The number of aryl methyl sites for hydroxylation is 1. The van der Waals surface area contributed by atoms with Gasteiger partial charge in [-0.25, -0.2) is 17.2 Å². The van der Waals surface area contributed by atoms with Crippen LogP contribution in [-0.4, -0.2) is 18.2 Å². The lowest BCUT2D eigenvalue weighted by Gasteiger charge is -2.10. The first-order valence-corrected chi connectivity index (χ1v) is 7.87. The van der Waals surface area contributed by atoms with Gasteiger partial charge in [-0.05, 0) is 28.9 Å². The summed E-state index contributed by atoms with van der Waals surface area (Å²) in [6.07, 6.45) is 0. The molecule has 0 aliphatic rings. The molecular formula is C11H11BrF2N4O2S. The topological polar surface area (TPSA) is 90.0 Å². The zero-order valence-electron chi connectivity index (χ0n) is 11.0. The highest BCUT2D eigenvalue weighted by Gasteiger charge is 2.26. The normalized spacial score (nSPS) is 11.7. The van der Waals surface area contributed by atoms with E-state index in [4.69, 9.17) is 5.73 Å². The molecule has 3 N–H and O–H groups in total. The summed E-state index contributed by atoms with van der Waals surface area (Å²) in [4.78, 5) is -0.246. The molecule has 1 heterocycles. The van der Waals surface area contributed by atoms with Crippen LogP contribution >= 0.6 is 15.9 Å². The number of anilines is 2. The van der Waals surface area contributed by atoms with Crippen LogP contribution in [0.4, 0.5) is 20.3 Å². The van der Waals surface area contributed by atoms with Gasteiger partial charge in [0.05, 0.1) is 15.9 Å². The van der Waals surface area contributed by atoms with Gasteiger partial charge in [0.2, 0.25) is 0 Å². The highest BCUT2D eigenvalue weighted by atomic mass is 79.9.